The number of nitrogens with two attached hydrogens (primary N) is 1. The lowest BCUT2D eigenvalue weighted by atomic mass is 9.90. The van der Waals surface area contributed by atoms with E-state index in [1.807, 2.05) is 0 Å². The Bertz CT molecular complexity index is 324. The smallest absolute Gasteiger partial charge is 0.320 e. The van der Waals surface area contributed by atoms with E-state index >= 15 is 0 Å². The van der Waals surface area contributed by atoms with Crippen molar-refractivity contribution in [2.24, 2.45) is 11.7 Å². The Balaban J connectivity index is 2.41. The summed E-state index contributed by atoms with van der Waals surface area (Å²) in [5.74, 6) is -0.180. The second-order valence-electron chi connectivity index (χ2n) is 6.62. The molecule has 1 fully saturated rings. The van der Waals surface area contributed by atoms with Crippen LogP contribution >= 0.6 is 0 Å². The third-order valence-electron chi connectivity index (χ3n) is 4.62. The zero-order valence-corrected chi connectivity index (χ0v) is 15.1. The first-order valence-corrected chi connectivity index (χ1v) is 9.18. The van der Waals surface area contributed by atoms with Gasteiger partial charge in [-0.15, -0.1) is 0 Å². The second-order valence-corrected chi connectivity index (χ2v) is 6.62. The van der Waals surface area contributed by atoms with Crippen molar-refractivity contribution >= 4 is 5.97 Å². The van der Waals surface area contributed by atoms with Crippen molar-refractivity contribution < 1.29 is 19.0 Å². The number of hydrogen-bond donors (Lipinski definition) is 1. The summed E-state index contributed by atoms with van der Waals surface area (Å²) in [6.07, 6.45) is 9.17. The summed E-state index contributed by atoms with van der Waals surface area (Å²) in [5.41, 5.74) is 5.38. The predicted octanol–water partition coefficient (Wildman–Crippen LogP) is 3.05. The van der Waals surface area contributed by atoms with Gasteiger partial charge in [0.1, 0.15) is 6.10 Å². The third kappa shape index (κ3) is 7.19. The second kappa shape index (κ2) is 11.8. The van der Waals surface area contributed by atoms with Crippen molar-refractivity contribution in [2.75, 3.05) is 20.3 Å². The number of esters is 1. The molecule has 4 atom stereocenters. The first kappa shape index (κ1) is 20.4. The average Bonchev–Trinajstić information content (AvgIpc) is 2.55. The summed E-state index contributed by atoms with van der Waals surface area (Å²) in [7, 11) is 1.67. The van der Waals surface area contributed by atoms with Crippen molar-refractivity contribution in [1.29, 1.82) is 0 Å². The van der Waals surface area contributed by atoms with E-state index in [1.165, 1.54) is 38.5 Å². The van der Waals surface area contributed by atoms with E-state index in [0.717, 1.165) is 12.8 Å². The zero-order chi connectivity index (χ0) is 17.1. The van der Waals surface area contributed by atoms with E-state index in [2.05, 4.69) is 13.8 Å². The molecule has 5 heteroatoms. The van der Waals surface area contributed by atoms with Crippen LogP contribution in [0.1, 0.15) is 65.2 Å². The molecule has 2 N–H and O–H groups in total. The molecule has 0 aromatic carbocycles. The van der Waals surface area contributed by atoms with Crippen LogP contribution < -0.4 is 5.73 Å². The van der Waals surface area contributed by atoms with Crippen LogP contribution in [0.15, 0.2) is 0 Å². The van der Waals surface area contributed by atoms with E-state index in [-0.39, 0.29) is 36.7 Å². The maximum absolute atomic E-state index is 11.6. The van der Waals surface area contributed by atoms with E-state index < -0.39 is 0 Å². The lowest BCUT2D eigenvalue weighted by Crippen LogP contribution is -2.52. The Labute approximate surface area is 141 Å². The van der Waals surface area contributed by atoms with Crippen LogP contribution in [-0.4, -0.2) is 44.5 Å². The fourth-order valence-electron chi connectivity index (χ4n) is 3.26. The molecule has 0 unspecified atom stereocenters. The highest BCUT2D eigenvalue weighted by atomic mass is 16.6. The normalized spacial score (nSPS) is 27.8. The molecule has 0 aromatic heterocycles. The van der Waals surface area contributed by atoms with Crippen LogP contribution in [0, 0.1) is 5.92 Å². The molecule has 0 amide bonds. The topological polar surface area (TPSA) is 70.8 Å². The number of carbonyl (C=O) groups excluding carboxylic acids is 1. The van der Waals surface area contributed by atoms with Gasteiger partial charge in [-0.3, -0.25) is 4.79 Å². The lowest BCUT2D eigenvalue weighted by molar-refractivity contribution is -0.199. The van der Waals surface area contributed by atoms with Crippen molar-refractivity contribution in [2.45, 2.75) is 83.5 Å². The number of carbonyl (C=O) groups is 1. The van der Waals surface area contributed by atoms with Crippen LogP contribution in [0.2, 0.25) is 0 Å². The van der Waals surface area contributed by atoms with Crippen LogP contribution in [0.5, 0.6) is 0 Å². The molecule has 1 saturated heterocycles. The molecule has 0 radical (unpaired) electrons. The minimum atomic E-state index is -0.390. The molecular formula is C18H35NO4. The van der Waals surface area contributed by atoms with E-state index in [9.17, 15) is 4.79 Å². The number of unbranched alkanes of at least 4 members (excludes halogenated alkanes) is 6. The van der Waals surface area contributed by atoms with Crippen molar-refractivity contribution in [3.05, 3.63) is 0 Å². The summed E-state index contributed by atoms with van der Waals surface area (Å²) in [4.78, 5) is 11.6. The molecule has 0 aliphatic carbocycles. The number of hydrogen-bond acceptors (Lipinski definition) is 5. The van der Waals surface area contributed by atoms with Gasteiger partial charge in [0.05, 0.1) is 19.3 Å². The van der Waals surface area contributed by atoms with E-state index in [4.69, 9.17) is 19.9 Å². The Kier molecular flexibility index (Phi) is 10.5. The summed E-state index contributed by atoms with van der Waals surface area (Å²) in [6, 6.07) is 0. The molecule has 0 saturated carbocycles. The predicted molar refractivity (Wildman–Crippen MR) is 91.2 cm³/mol. The molecule has 0 spiro atoms. The highest BCUT2D eigenvalue weighted by Gasteiger charge is 2.40. The lowest BCUT2D eigenvalue weighted by Gasteiger charge is -2.40. The summed E-state index contributed by atoms with van der Waals surface area (Å²) in [6.45, 7) is 4.83. The monoisotopic (exact) mass is 329 g/mol. The van der Waals surface area contributed by atoms with Crippen LogP contribution in [0.3, 0.4) is 0 Å². The SMILES string of the molecule is CCCCCCCCC[C@@H]1OC[C@@H](C)[C@@H](OC)[C@@H]1OC(=O)CN. The van der Waals surface area contributed by atoms with Gasteiger partial charge in [-0.05, 0) is 6.42 Å². The van der Waals surface area contributed by atoms with Gasteiger partial charge in [-0.1, -0.05) is 58.8 Å². The highest BCUT2D eigenvalue weighted by Crippen LogP contribution is 2.28. The van der Waals surface area contributed by atoms with Gasteiger partial charge in [-0.25, -0.2) is 0 Å². The van der Waals surface area contributed by atoms with E-state index in [0.29, 0.717) is 6.61 Å². The highest BCUT2D eigenvalue weighted by molar-refractivity contribution is 5.71. The Hall–Kier alpha value is -0.650. The number of methoxy groups -OCH3 is 1. The first-order chi connectivity index (χ1) is 11.1. The van der Waals surface area contributed by atoms with Gasteiger partial charge in [0.15, 0.2) is 6.10 Å². The maximum atomic E-state index is 11.6. The van der Waals surface area contributed by atoms with Crippen molar-refractivity contribution in [1.82, 2.24) is 0 Å². The number of ether oxygens (including phenoxy) is 3. The molecule has 1 aliphatic rings. The van der Waals surface area contributed by atoms with Crippen LogP contribution in [-0.2, 0) is 19.0 Å². The minimum absolute atomic E-state index is 0.0812. The number of rotatable bonds is 11. The largest absolute Gasteiger partial charge is 0.456 e. The molecule has 136 valence electrons. The maximum Gasteiger partial charge on any atom is 0.320 e. The summed E-state index contributed by atoms with van der Waals surface area (Å²) in [5, 5.41) is 0. The molecule has 23 heavy (non-hydrogen) atoms. The van der Waals surface area contributed by atoms with Crippen molar-refractivity contribution in [3.8, 4) is 0 Å². The molecule has 1 heterocycles. The van der Waals surface area contributed by atoms with Crippen LogP contribution in [0.25, 0.3) is 0 Å². The molecular weight excluding hydrogens is 294 g/mol. The zero-order valence-electron chi connectivity index (χ0n) is 15.1. The Morgan fingerprint density at radius 1 is 1.13 bits per heavy atom. The quantitative estimate of drug-likeness (QED) is 0.466. The van der Waals surface area contributed by atoms with Gasteiger partial charge >= 0.3 is 5.97 Å². The standard InChI is InChI=1S/C18H35NO4/c1-4-5-6-7-8-9-10-11-15-18(23-16(20)12-19)17(21-3)14(2)13-22-15/h14-15,17-18H,4-13,19H2,1-3H3/t14-,15+,17-,18-/m1/s1. The van der Waals surface area contributed by atoms with Crippen molar-refractivity contribution in [3.63, 3.8) is 0 Å². The molecule has 1 rings (SSSR count). The Morgan fingerprint density at radius 3 is 2.39 bits per heavy atom. The molecule has 1 aliphatic heterocycles. The third-order valence-corrected chi connectivity index (χ3v) is 4.62. The molecule has 0 aromatic rings. The van der Waals surface area contributed by atoms with Gasteiger partial charge in [0.2, 0.25) is 0 Å². The fourth-order valence-corrected chi connectivity index (χ4v) is 3.26. The van der Waals surface area contributed by atoms with Crippen LogP contribution in [0.4, 0.5) is 0 Å². The van der Waals surface area contributed by atoms with Gasteiger partial charge in [-0.2, -0.15) is 0 Å². The fraction of sp³-hybridized carbons (Fsp3) is 0.944. The van der Waals surface area contributed by atoms with Gasteiger partial charge in [0.25, 0.3) is 0 Å². The summed E-state index contributed by atoms with van der Waals surface area (Å²) < 4.78 is 17.0. The van der Waals surface area contributed by atoms with E-state index in [1.54, 1.807) is 7.11 Å². The molecule has 0 bridgehead atoms. The average molecular weight is 329 g/mol. The van der Waals surface area contributed by atoms with Gasteiger partial charge in [0, 0.05) is 13.0 Å². The molecule has 5 nitrogen and oxygen atoms in total. The Morgan fingerprint density at radius 2 is 1.78 bits per heavy atom. The minimum Gasteiger partial charge on any atom is -0.456 e. The van der Waals surface area contributed by atoms with Gasteiger partial charge < -0.3 is 19.9 Å². The summed E-state index contributed by atoms with van der Waals surface area (Å²) >= 11 is 0. The first-order valence-electron chi connectivity index (χ1n) is 9.18.